The summed E-state index contributed by atoms with van der Waals surface area (Å²) < 4.78 is 0. The molecule has 1 aliphatic heterocycles. The zero-order valence-corrected chi connectivity index (χ0v) is 15.0. The number of benzene rings is 2. The second-order valence-corrected chi connectivity index (χ2v) is 7.01. The lowest BCUT2D eigenvalue weighted by Crippen LogP contribution is -2.38. The molecule has 5 heteroatoms. The van der Waals surface area contributed by atoms with Gasteiger partial charge in [-0.1, -0.05) is 29.8 Å². The first kappa shape index (κ1) is 15.5. The number of hydrogen-bond donors (Lipinski definition) is 2. The number of halogens is 1. The number of aromatic nitrogens is 1. The Kier molecular flexibility index (Phi) is 3.94. The van der Waals surface area contributed by atoms with E-state index in [2.05, 4.69) is 39.5 Å². The fourth-order valence-corrected chi connectivity index (χ4v) is 3.79. The van der Waals surface area contributed by atoms with Gasteiger partial charge in [0.05, 0.1) is 0 Å². The van der Waals surface area contributed by atoms with Crippen molar-refractivity contribution in [2.24, 2.45) is 0 Å². The summed E-state index contributed by atoms with van der Waals surface area (Å²) in [6.07, 6.45) is 0.978. The Morgan fingerprint density at radius 2 is 2.08 bits per heavy atom. The van der Waals surface area contributed by atoms with E-state index in [9.17, 15) is 0 Å². The summed E-state index contributed by atoms with van der Waals surface area (Å²) in [6.45, 7) is 3.78. The highest BCUT2D eigenvalue weighted by Gasteiger charge is 2.22. The van der Waals surface area contributed by atoms with Gasteiger partial charge >= 0.3 is 0 Å². The van der Waals surface area contributed by atoms with Crippen LogP contribution in [0.1, 0.15) is 16.8 Å². The molecule has 2 heterocycles. The predicted octanol–water partition coefficient (Wildman–Crippen LogP) is 4.88. The summed E-state index contributed by atoms with van der Waals surface area (Å²) in [5, 5.41) is 6.16. The zero-order chi connectivity index (χ0) is 16.7. The van der Waals surface area contributed by atoms with Crippen LogP contribution in [0.2, 0.25) is 5.02 Å². The Labute approximate surface area is 151 Å². The molecule has 1 aromatic heterocycles. The average Bonchev–Trinajstić information content (AvgIpc) is 2.95. The molecule has 0 unspecified atom stereocenters. The standard InChI is InChI=1S/C19H18ClN3S/c1-12-10-13(20)6-7-16(12)22-19(24)23-9-8-18-15(11-23)14-4-2-3-5-17(14)21-18/h2-7,10,21H,8-9,11H2,1H3,(H,22,24). The van der Waals surface area contributed by atoms with Gasteiger partial charge in [0.15, 0.2) is 5.11 Å². The molecule has 2 aromatic carbocycles. The van der Waals surface area contributed by atoms with E-state index in [1.807, 2.05) is 25.1 Å². The number of hydrogen-bond acceptors (Lipinski definition) is 1. The lowest BCUT2D eigenvalue weighted by atomic mass is 10.0. The van der Waals surface area contributed by atoms with Gasteiger partial charge in [-0.2, -0.15) is 0 Å². The maximum absolute atomic E-state index is 6.03. The minimum atomic E-state index is 0.741. The first-order chi connectivity index (χ1) is 11.6. The molecule has 0 amide bonds. The topological polar surface area (TPSA) is 31.1 Å². The van der Waals surface area contributed by atoms with Crippen LogP contribution in [0.5, 0.6) is 0 Å². The third-order valence-corrected chi connectivity index (χ3v) is 5.20. The van der Waals surface area contributed by atoms with Gasteiger partial charge < -0.3 is 15.2 Å². The molecule has 0 atom stereocenters. The van der Waals surface area contributed by atoms with Gasteiger partial charge in [-0.15, -0.1) is 0 Å². The number of aryl methyl sites for hydroxylation is 1. The molecule has 1 aliphatic rings. The maximum atomic E-state index is 6.03. The highest BCUT2D eigenvalue weighted by Crippen LogP contribution is 2.28. The third-order valence-electron chi connectivity index (χ3n) is 4.60. The van der Waals surface area contributed by atoms with E-state index in [0.29, 0.717) is 0 Å². The minimum absolute atomic E-state index is 0.741. The van der Waals surface area contributed by atoms with Crippen molar-refractivity contribution in [3.8, 4) is 0 Å². The van der Waals surface area contributed by atoms with Gasteiger partial charge in [0.2, 0.25) is 0 Å². The Morgan fingerprint density at radius 1 is 1.25 bits per heavy atom. The quantitative estimate of drug-likeness (QED) is 0.610. The van der Waals surface area contributed by atoms with Crippen molar-refractivity contribution in [2.45, 2.75) is 19.9 Å². The number of rotatable bonds is 1. The summed E-state index contributed by atoms with van der Waals surface area (Å²) in [5.74, 6) is 0. The van der Waals surface area contributed by atoms with E-state index < -0.39 is 0 Å². The second kappa shape index (κ2) is 6.11. The summed E-state index contributed by atoms with van der Waals surface area (Å²) in [7, 11) is 0. The van der Waals surface area contributed by atoms with Crippen LogP contribution in [-0.4, -0.2) is 21.5 Å². The van der Waals surface area contributed by atoms with Crippen molar-refractivity contribution in [1.29, 1.82) is 0 Å². The molecule has 0 saturated heterocycles. The molecule has 24 heavy (non-hydrogen) atoms. The highest BCUT2D eigenvalue weighted by molar-refractivity contribution is 7.80. The minimum Gasteiger partial charge on any atom is -0.358 e. The number of fused-ring (bicyclic) bond motifs is 3. The third kappa shape index (κ3) is 2.76. The van der Waals surface area contributed by atoms with Crippen molar-refractivity contribution >= 4 is 45.5 Å². The van der Waals surface area contributed by atoms with E-state index in [1.54, 1.807) is 0 Å². The summed E-state index contributed by atoms with van der Waals surface area (Å²) >= 11 is 11.7. The average molecular weight is 356 g/mol. The largest absolute Gasteiger partial charge is 0.358 e. The molecule has 4 rings (SSSR count). The number of nitrogens with zero attached hydrogens (tertiary/aromatic N) is 1. The van der Waals surface area contributed by atoms with Crippen LogP contribution in [0.3, 0.4) is 0 Å². The van der Waals surface area contributed by atoms with E-state index in [-0.39, 0.29) is 0 Å². The monoisotopic (exact) mass is 355 g/mol. The number of anilines is 1. The number of H-pyrrole nitrogens is 1. The van der Waals surface area contributed by atoms with Crippen LogP contribution < -0.4 is 5.32 Å². The van der Waals surface area contributed by atoms with Gasteiger partial charge in [0, 0.05) is 52.4 Å². The van der Waals surface area contributed by atoms with Gasteiger partial charge in [-0.05, 0) is 49.0 Å². The molecule has 0 bridgehead atoms. The smallest absolute Gasteiger partial charge is 0.173 e. The van der Waals surface area contributed by atoms with Crippen molar-refractivity contribution in [3.05, 3.63) is 64.3 Å². The molecule has 3 nitrogen and oxygen atoms in total. The van der Waals surface area contributed by atoms with E-state index in [1.165, 1.54) is 22.2 Å². The number of thiocarbonyl (C=S) groups is 1. The van der Waals surface area contributed by atoms with E-state index >= 15 is 0 Å². The van der Waals surface area contributed by atoms with E-state index in [4.69, 9.17) is 23.8 Å². The fraction of sp³-hybridized carbons (Fsp3) is 0.211. The lowest BCUT2D eigenvalue weighted by molar-refractivity contribution is 0.399. The molecule has 0 spiro atoms. The highest BCUT2D eigenvalue weighted by atomic mass is 35.5. The molecule has 0 saturated carbocycles. The molecule has 0 radical (unpaired) electrons. The number of aromatic amines is 1. The Bertz CT molecular complexity index is 932. The number of nitrogens with one attached hydrogen (secondary N) is 2. The molecule has 0 fully saturated rings. The van der Waals surface area contributed by atoms with Crippen molar-refractivity contribution in [2.75, 3.05) is 11.9 Å². The Hall–Kier alpha value is -2.04. The first-order valence-corrected chi connectivity index (χ1v) is 8.81. The molecule has 122 valence electrons. The SMILES string of the molecule is Cc1cc(Cl)ccc1NC(=S)N1CCc2[nH]c3ccccc3c2C1. The fourth-order valence-electron chi connectivity index (χ4n) is 3.30. The van der Waals surface area contributed by atoms with Gasteiger partial charge in [-0.3, -0.25) is 0 Å². The second-order valence-electron chi connectivity index (χ2n) is 6.19. The van der Waals surface area contributed by atoms with E-state index in [0.717, 1.165) is 40.9 Å². The Balaban J connectivity index is 1.56. The van der Waals surface area contributed by atoms with Gasteiger partial charge in [0.25, 0.3) is 0 Å². The number of para-hydroxylation sites is 1. The van der Waals surface area contributed by atoms with Crippen LogP contribution in [0.4, 0.5) is 5.69 Å². The molecule has 2 N–H and O–H groups in total. The molecular formula is C19H18ClN3S. The van der Waals surface area contributed by atoms with Gasteiger partial charge in [-0.25, -0.2) is 0 Å². The normalized spacial score (nSPS) is 13.8. The molecule has 0 aliphatic carbocycles. The zero-order valence-electron chi connectivity index (χ0n) is 13.4. The van der Waals surface area contributed by atoms with Crippen LogP contribution >= 0.6 is 23.8 Å². The molecule has 3 aromatic rings. The van der Waals surface area contributed by atoms with Crippen molar-refractivity contribution < 1.29 is 0 Å². The first-order valence-electron chi connectivity index (χ1n) is 8.02. The summed E-state index contributed by atoms with van der Waals surface area (Å²) in [5.41, 5.74) is 5.99. The predicted molar refractivity (Wildman–Crippen MR) is 105 cm³/mol. The Morgan fingerprint density at radius 3 is 2.92 bits per heavy atom. The van der Waals surface area contributed by atoms with Crippen LogP contribution in [0.25, 0.3) is 10.9 Å². The van der Waals surface area contributed by atoms with Crippen LogP contribution in [-0.2, 0) is 13.0 Å². The maximum Gasteiger partial charge on any atom is 0.173 e. The molecular weight excluding hydrogens is 338 g/mol. The summed E-state index contributed by atoms with van der Waals surface area (Å²) in [4.78, 5) is 5.76. The summed E-state index contributed by atoms with van der Waals surface area (Å²) in [6, 6.07) is 14.3. The van der Waals surface area contributed by atoms with Crippen LogP contribution in [0.15, 0.2) is 42.5 Å². The van der Waals surface area contributed by atoms with Gasteiger partial charge in [0.1, 0.15) is 0 Å². The van der Waals surface area contributed by atoms with Crippen molar-refractivity contribution in [1.82, 2.24) is 9.88 Å². The van der Waals surface area contributed by atoms with Crippen LogP contribution in [0, 0.1) is 6.92 Å². The van der Waals surface area contributed by atoms with Crippen molar-refractivity contribution in [3.63, 3.8) is 0 Å². The lowest BCUT2D eigenvalue weighted by Gasteiger charge is -2.30.